The van der Waals surface area contributed by atoms with Crippen LogP contribution in [0, 0.1) is 12.8 Å². The number of likely N-dealkylation sites (tertiary alicyclic amines) is 1. The number of halogens is 1. The van der Waals surface area contributed by atoms with Crippen molar-refractivity contribution in [1.82, 2.24) is 10.2 Å². The van der Waals surface area contributed by atoms with Crippen LogP contribution < -0.4 is 10.6 Å². The van der Waals surface area contributed by atoms with Crippen LogP contribution in [0.3, 0.4) is 0 Å². The van der Waals surface area contributed by atoms with Crippen LogP contribution in [0.4, 0.5) is 5.69 Å². The van der Waals surface area contributed by atoms with E-state index in [1.807, 2.05) is 32.2 Å². The van der Waals surface area contributed by atoms with Gasteiger partial charge in [-0.1, -0.05) is 6.07 Å². The molecule has 0 aromatic heterocycles. The first-order valence-electron chi connectivity index (χ1n) is 8.01. The number of benzene rings is 1. The Labute approximate surface area is 141 Å². The summed E-state index contributed by atoms with van der Waals surface area (Å²) in [4.78, 5) is 14.4. The Hall–Kier alpha value is -0.910. The van der Waals surface area contributed by atoms with Crippen molar-refractivity contribution < 1.29 is 4.79 Å². The van der Waals surface area contributed by atoms with Crippen molar-refractivity contribution in [3.05, 3.63) is 28.2 Å². The number of aryl methyl sites for hydroxylation is 1. The largest absolute Gasteiger partial charge is 0.324 e. The van der Waals surface area contributed by atoms with E-state index < -0.39 is 0 Å². The van der Waals surface area contributed by atoms with Crippen molar-refractivity contribution in [1.29, 1.82) is 0 Å². The zero-order valence-electron chi connectivity index (χ0n) is 13.5. The van der Waals surface area contributed by atoms with Crippen molar-refractivity contribution in [2.24, 2.45) is 5.92 Å². The van der Waals surface area contributed by atoms with Gasteiger partial charge in [-0.15, -0.1) is 0 Å². The summed E-state index contributed by atoms with van der Waals surface area (Å²) in [5, 5.41) is 6.21. The monoisotopic (exact) mass is 367 g/mol. The quantitative estimate of drug-likeness (QED) is 0.811. The fourth-order valence-corrected chi connectivity index (χ4v) is 3.49. The van der Waals surface area contributed by atoms with Crippen molar-refractivity contribution >= 4 is 27.5 Å². The third-order valence-corrected chi connectivity index (χ3v) is 4.93. The molecule has 0 unspecified atom stereocenters. The minimum Gasteiger partial charge on any atom is -0.324 e. The van der Waals surface area contributed by atoms with Gasteiger partial charge in [-0.05, 0) is 92.4 Å². The summed E-state index contributed by atoms with van der Waals surface area (Å²) in [6.45, 7) is 5.66. The van der Waals surface area contributed by atoms with E-state index in [1.54, 1.807) is 0 Å². The molecule has 1 saturated heterocycles. The van der Waals surface area contributed by atoms with E-state index in [0.29, 0.717) is 6.54 Å². The molecule has 1 aliphatic heterocycles. The second kappa shape index (κ2) is 8.65. The molecule has 1 aliphatic rings. The fourth-order valence-electron chi connectivity index (χ4n) is 2.90. The van der Waals surface area contributed by atoms with E-state index in [2.05, 4.69) is 31.5 Å². The van der Waals surface area contributed by atoms with Gasteiger partial charge in [0.25, 0.3) is 0 Å². The summed E-state index contributed by atoms with van der Waals surface area (Å²) in [6.07, 6.45) is 3.64. The Morgan fingerprint density at radius 2 is 2.09 bits per heavy atom. The Morgan fingerprint density at radius 3 is 2.73 bits per heavy atom. The van der Waals surface area contributed by atoms with Crippen LogP contribution in [0.2, 0.25) is 0 Å². The number of nitrogens with one attached hydrogen (secondary N) is 2. The summed E-state index contributed by atoms with van der Waals surface area (Å²) in [5.74, 6) is 0.872. The highest BCUT2D eigenvalue weighted by Gasteiger charge is 2.20. The van der Waals surface area contributed by atoms with Crippen LogP contribution in [0.5, 0.6) is 0 Å². The first-order valence-corrected chi connectivity index (χ1v) is 8.80. The molecule has 0 saturated carbocycles. The molecule has 1 fully saturated rings. The Balaban J connectivity index is 1.76. The number of rotatable bonds is 6. The number of hydrogen-bond acceptors (Lipinski definition) is 3. The van der Waals surface area contributed by atoms with E-state index in [1.165, 1.54) is 24.8 Å². The van der Waals surface area contributed by atoms with E-state index in [4.69, 9.17) is 0 Å². The summed E-state index contributed by atoms with van der Waals surface area (Å²) >= 11 is 3.50. The molecule has 2 N–H and O–H groups in total. The van der Waals surface area contributed by atoms with Crippen molar-refractivity contribution in [3.63, 3.8) is 0 Å². The predicted molar refractivity (Wildman–Crippen MR) is 95.2 cm³/mol. The van der Waals surface area contributed by atoms with Gasteiger partial charge in [0, 0.05) is 4.47 Å². The van der Waals surface area contributed by atoms with Gasteiger partial charge in [0.1, 0.15) is 0 Å². The lowest BCUT2D eigenvalue weighted by Crippen LogP contribution is -2.39. The molecular formula is C17H26BrN3O. The van der Waals surface area contributed by atoms with Gasteiger partial charge < -0.3 is 10.6 Å². The number of anilines is 1. The van der Waals surface area contributed by atoms with Gasteiger partial charge in [0.2, 0.25) is 5.91 Å². The number of piperidine rings is 1. The zero-order chi connectivity index (χ0) is 15.9. The van der Waals surface area contributed by atoms with Gasteiger partial charge >= 0.3 is 0 Å². The summed E-state index contributed by atoms with van der Waals surface area (Å²) in [7, 11) is 2.00. The number of hydrogen-bond donors (Lipinski definition) is 2. The van der Waals surface area contributed by atoms with Gasteiger partial charge in [-0.25, -0.2) is 0 Å². The van der Waals surface area contributed by atoms with Crippen molar-refractivity contribution in [3.8, 4) is 0 Å². The molecule has 5 heteroatoms. The second-order valence-corrected chi connectivity index (χ2v) is 7.00. The summed E-state index contributed by atoms with van der Waals surface area (Å²) in [6, 6.07) is 5.97. The average molecular weight is 368 g/mol. The molecule has 122 valence electrons. The maximum atomic E-state index is 12.2. The minimum absolute atomic E-state index is 0.0678. The molecule has 0 atom stereocenters. The Kier molecular flexibility index (Phi) is 6.86. The van der Waals surface area contributed by atoms with E-state index >= 15 is 0 Å². The molecule has 1 amide bonds. The molecular weight excluding hydrogens is 342 g/mol. The Morgan fingerprint density at radius 1 is 1.36 bits per heavy atom. The lowest BCUT2D eigenvalue weighted by atomic mass is 9.93. The molecule has 0 bridgehead atoms. The van der Waals surface area contributed by atoms with E-state index in [-0.39, 0.29) is 5.91 Å². The number of carbonyl (C=O) groups excluding carboxylic acids is 1. The lowest BCUT2D eigenvalue weighted by Gasteiger charge is -2.31. The molecule has 1 heterocycles. The standard InChI is InChI=1S/C17H26BrN3O/c1-13-3-4-16(15(18)11-13)20-17(22)12-21-9-6-14(7-10-21)5-8-19-2/h3-4,11,14,19H,5-10,12H2,1-2H3,(H,20,22). The average Bonchev–Trinajstić information content (AvgIpc) is 2.49. The van der Waals surface area contributed by atoms with Crippen molar-refractivity contribution in [2.45, 2.75) is 26.2 Å². The molecule has 0 radical (unpaired) electrons. The first-order chi connectivity index (χ1) is 10.6. The number of nitrogens with zero attached hydrogens (tertiary/aromatic N) is 1. The predicted octanol–water partition coefficient (Wildman–Crippen LogP) is 3.02. The molecule has 22 heavy (non-hydrogen) atoms. The van der Waals surface area contributed by atoms with Gasteiger partial charge in [0.05, 0.1) is 12.2 Å². The van der Waals surface area contributed by atoms with Crippen LogP contribution in [0.1, 0.15) is 24.8 Å². The highest BCUT2D eigenvalue weighted by atomic mass is 79.9. The van der Waals surface area contributed by atoms with E-state index in [9.17, 15) is 4.79 Å². The molecule has 0 aliphatic carbocycles. The minimum atomic E-state index is 0.0678. The maximum absolute atomic E-state index is 12.2. The number of carbonyl (C=O) groups is 1. The molecule has 0 spiro atoms. The smallest absolute Gasteiger partial charge is 0.238 e. The lowest BCUT2D eigenvalue weighted by molar-refractivity contribution is -0.117. The van der Waals surface area contributed by atoms with Crippen LogP contribution in [0.25, 0.3) is 0 Å². The van der Waals surface area contributed by atoms with E-state index in [0.717, 1.165) is 35.7 Å². The highest BCUT2D eigenvalue weighted by Crippen LogP contribution is 2.24. The van der Waals surface area contributed by atoms with Crippen molar-refractivity contribution in [2.75, 3.05) is 38.5 Å². The van der Waals surface area contributed by atoms with Crippen LogP contribution in [0.15, 0.2) is 22.7 Å². The third-order valence-electron chi connectivity index (χ3n) is 4.28. The van der Waals surface area contributed by atoms with Gasteiger partial charge in [-0.2, -0.15) is 0 Å². The topological polar surface area (TPSA) is 44.4 Å². The van der Waals surface area contributed by atoms with Crippen LogP contribution in [-0.4, -0.2) is 44.0 Å². The third kappa shape index (κ3) is 5.38. The van der Waals surface area contributed by atoms with Gasteiger partial charge in [0.15, 0.2) is 0 Å². The van der Waals surface area contributed by atoms with Gasteiger partial charge in [-0.3, -0.25) is 9.69 Å². The number of amides is 1. The molecule has 1 aromatic carbocycles. The summed E-state index contributed by atoms with van der Waals surface area (Å²) < 4.78 is 0.937. The second-order valence-electron chi connectivity index (χ2n) is 6.14. The maximum Gasteiger partial charge on any atom is 0.238 e. The first kappa shape index (κ1) is 17.4. The SMILES string of the molecule is CNCCC1CCN(CC(=O)Nc2ccc(C)cc2Br)CC1. The normalized spacial score (nSPS) is 16.7. The molecule has 1 aromatic rings. The Bertz CT molecular complexity index is 499. The van der Waals surface area contributed by atoms with Crippen LogP contribution >= 0.6 is 15.9 Å². The summed E-state index contributed by atoms with van der Waals surface area (Å²) in [5.41, 5.74) is 2.02. The molecule has 4 nitrogen and oxygen atoms in total. The van der Waals surface area contributed by atoms with Crippen LogP contribution in [-0.2, 0) is 4.79 Å². The zero-order valence-corrected chi connectivity index (χ0v) is 15.1. The highest BCUT2D eigenvalue weighted by molar-refractivity contribution is 9.10. The molecule has 2 rings (SSSR count). The fraction of sp³-hybridized carbons (Fsp3) is 0.588.